The second-order valence-electron chi connectivity index (χ2n) is 5.33. The number of non-ortho nitro benzene ring substituents is 1. The summed E-state index contributed by atoms with van der Waals surface area (Å²) in [7, 11) is 0. The number of benzene rings is 1. The van der Waals surface area contributed by atoms with E-state index in [0.29, 0.717) is 0 Å². The summed E-state index contributed by atoms with van der Waals surface area (Å²) in [6, 6.07) is 6.85. The van der Waals surface area contributed by atoms with Crippen molar-refractivity contribution in [1.29, 1.82) is 0 Å². The zero-order valence-corrected chi connectivity index (χ0v) is 11.2. The van der Waals surface area contributed by atoms with E-state index in [1.807, 2.05) is 0 Å². The zero-order chi connectivity index (χ0) is 14.1. The van der Waals surface area contributed by atoms with Gasteiger partial charge in [0.25, 0.3) is 5.69 Å². The van der Waals surface area contributed by atoms with Gasteiger partial charge in [0.2, 0.25) is 0 Å². The minimum absolute atomic E-state index is 0.127. The van der Waals surface area contributed by atoms with Gasteiger partial charge in [-0.15, -0.1) is 0 Å². The summed E-state index contributed by atoms with van der Waals surface area (Å²) in [5, 5.41) is 10.6. The van der Waals surface area contributed by atoms with Crippen molar-refractivity contribution in [2.24, 2.45) is 5.73 Å². The van der Waals surface area contributed by atoms with E-state index in [9.17, 15) is 10.1 Å². The average Bonchev–Trinajstić information content (AvgIpc) is 2.83. The highest BCUT2D eigenvalue weighted by molar-refractivity contribution is 5.34. The largest absolute Gasteiger partial charge is 0.349 e. The molecule has 0 fully saturated rings. The van der Waals surface area contributed by atoms with E-state index in [1.54, 1.807) is 24.3 Å². The fourth-order valence-corrected chi connectivity index (χ4v) is 2.81. The van der Waals surface area contributed by atoms with Crippen LogP contribution in [0.1, 0.15) is 35.6 Å². The lowest BCUT2D eigenvalue weighted by Crippen LogP contribution is -2.15. The van der Waals surface area contributed by atoms with Crippen molar-refractivity contribution in [3.63, 3.8) is 0 Å². The van der Waals surface area contributed by atoms with Crippen molar-refractivity contribution < 1.29 is 4.92 Å². The number of aryl methyl sites for hydroxylation is 1. The second-order valence-corrected chi connectivity index (χ2v) is 5.33. The Kier molecular flexibility index (Phi) is 3.28. The van der Waals surface area contributed by atoms with Crippen LogP contribution in [0.4, 0.5) is 5.69 Å². The van der Waals surface area contributed by atoms with E-state index < -0.39 is 0 Å². The predicted molar refractivity (Wildman–Crippen MR) is 76.5 cm³/mol. The quantitative estimate of drug-likeness (QED) is 0.689. The molecule has 0 saturated carbocycles. The summed E-state index contributed by atoms with van der Waals surface area (Å²) in [4.78, 5) is 10.2. The van der Waals surface area contributed by atoms with Gasteiger partial charge in [0.05, 0.1) is 4.92 Å². The third-order valence-corrected chi connectivity index (χ3v) is 3.87. The van der Waals surface area contributed by atoms with Crippen LogP contribution in [0.15, 0.2) is 36.7 Å². The molecule has 1 aliphatic carbocycles. The molecule has 3 rings (SSSR count). The molecule has 1 heterocycles. The van der Waals surface area contributed by atoms with E-state index in [4.69, 9.17) is 5.73 Å². The summed E-state index contributed by atoms with van der Waals surface area (Å²) >= 11 is 0. The normalized spacial score (nSPS) is 17.8. The van der Waals surface area contributed by atoms with Crippen molar-refractivity contribution in [2.45, 2.75) is 31.8 Å². The van der Waals surface area contributed by atoms with Gasteiger partial charge in [0.1, 0.15) is 0 Å². The van der Waals surface area contributed by atoms with E-state index >= 15 is 0 Å². The molecule has 0 bridgehead atoms. The molecule has 0 amide bonds. The molecular formula is C15H17N3O2. The lowest BCUT2D eigenvalue weighted by atomic mass is 9.92. The Morgan fingerprint density at radius 2 is 2.05 bits per heavy atom. The summed E-state index contributed by atoms with van der Waals surface area (Å²) in [5.41, 5.74) is 9.88. The number of aromatic nitrogens is 1. The second kappa shape index (κ2) is 5.09. The minimum atomic E-state index is -0.378. The average molecular weight is 271 g/mol. The number of nitrogens with zero attached hydrogens (tertiary/aromatic N) is 2. The summed E-state index contributed by atoms with van der Waals surface area (Å²) in [5.74, 6) is 0. The number of hydrogen-bond donors (Lipinski definition) is 1. The topological polar surface area (TPSA) is 74.1 Å². The molecule has 5 heteroatoms. The fourth-order valence-electron chi connectivity index (χ4n) is 2.81. The Bertz CT molecular complexity index is 631. The number of nitro groups is 1. The molecule has 1 unspecified atom stereocenters. The highest BCUT2D eigenvalue weighted by Crippen LogP contribution is 2.28. The van der Waals surface area contributed by atoms with Gasteiger partial charge in [-0.05, 0) is 36.0 Å². The molecule has 1 aliphatic rings. The SMILES string of the molecule is NC1CCCc2cn(Cc3ccc([N+](=O)[O-])cc3)cc21. The van der Waals surface area contributed by atoms with Gasteiger partial charge in [0.15, 0.2) is 0 Å². The Morgan fingerprint density at radius 3 is 2.70 bits per heavy atom. The van der Waals surface area contributed by atoms with Crippen molar-refractivity contribution in [3.8, 4) is 0 Å². The Morgan fingerprint density at radius 1 is 1.30 bits per heavy atom. The van der Waals surface area contributed by atoms with Crippen LogP contribution >= 0.6 is 0 Å². The molecule has 1 aromatic heterocycles. The van der Waals surface area contributed by atoms with Crippen LogP contribution in [-0.2, 0) is 13.0 Å². The number of nitro benzene ring substituents is 1. The molecule has 0 radical (unpaired) electrons. The third-order valence-electron chi connectivity index (χ3n) is 3.87. The number of nitrogens with two attached hydrogens (primary N) is 1. The van der Waals surface area contributed by atoms with Crippen molar-refractivity contribution in [2.75, 3.05) is 0 Å². The maximum absolute atomic E-state index is 10.6. The molecule has 0 spiro atoms. The lowest BCUT2D eigenvalue weighted by molar-refractivity contribution is -0.384. The van der Waals surface area contributed by atoms with Gasteiger partial charge < -0.3 is 10.3 Å². The molecule has 2 N–H and O–H groups in total. The van der Waals surface area contributed by atoms with Crippen molar-refractivity contribution >= 4 is 5.69 Å². The molecule has 2 aromatic rings. The number of rotatable bonds is 3. The van der Waals surface area contributed by atoms with Gasteiger partial charge in [-0.25, -0.2) is 0 Å². The van der Waals surface area contributed by atoms with Gasteiger partial charge in [-0.1, -0.05) is 12.1 Å². The van der Waals surface area contributed by atoms with Crippen LogP contribution in [-0.4, -0.2) is 9.49 Å². The summed E-state index contributed by atoms with van der Waals surface area (Å²) in [6.07, 6.45) is 7.55. The number of hydrogen-bond acceptors (Lipinski definition) is 3. The molecule has 5 nitrogen and oxygen atoms in total. The monoisotopic (exact) mass is 271 g/mol. The minimum Gasteiger partial charge on any atom is -0.349 e. The van der Waals surface area contributed by atoms with E-state index in [1.165, 1.54) is 11.1 Å². The van der Waals surface area contributed by atoms with Crippen LogP contribution in [0, 0.1) is 10.1 Å². The van der Waals surface area contributed by atoms with E-state index in [2.05, 4.69) is 17.0 Å². The Hall–Kier alpha value is -2.14. The highest BCUT2D eigenvalue weighted by Gasteiger charge is 2.18. The Labute approximate surface area is 117 Å². The van der Waals surface area contributed by atoms with Gasteiger partial charge >= 0.3 is 0 Å². The predicted octanol–water partition coefficient (Wildman–Crippen LogP) is 2.78. The molecule has 104 valence electrons. The maximum Gasteiger partial charge on any atom is 0.269 e. The molecule has 1 aromatic carbocycles. The third kappa shape index (κ3) is 2.44. The summed E-state index contributed by atoms with van der Waals surface area (Å²) < 4.78 is 2.12. The smallest absolute Gasteiger partial charge is 0.269 e. The van der Waals surface area contributed by atoms with Gasteiger partial charge in [-0.2, -0.15) is 0 Å². The first-order valence-corrected chi connectivity index (χ1v) is 6.81. The molecule has 1 atom stereocenters. The van der Waals surface area contributed by atoms with Crippen molar-refractivity contribution in [1.82, 2.24) is 4.57 Å². The van der Waals surface area contributed by atoms with Crippen LogP contribution in [0.25, 0.3) is 0 Å². The molecule has 20 heavy (non-hydrogen) atoms. The van der Waals surface area contributed by atoms with Gasteiger partial charge in [-0.3, -0.25) is 10.1 Å². The lowest BCUT2D eigenvalue weighted by Gasteiger charge is -2.17. The number of fused-ring (bicyclic) bond motifs is 1. The summed E-state index contributed by atoms with van der Waals surface area (Å²) in [6.45, 7) is 0.720. The van der Waals surface area contributed by atoms with E-state index in [-0.39, 0.29) is 16.7 Å². The van der Waals surface area contributed by atoms with Crippen LogP contribution in [0.3, 0.4) is 0 Å². The van der Waals surface area contributed by atoms with Gasteiger partial charge in [0, 0.05) is 37.1 Å². The first kappa shape index (κ1) is 12.9. The standard InChI is InChI=1S/C15H17N3O2/c16-15-3-1-2-12-9-17(10-14(12)15)8-11-4-6-13(7-5-11)18(19)20/h4-7,9-10,15H,1-3,8,16H2. The molecule has 0 aliphatic heterocycles. The molecular weight excluding hydrogens is 254 g/mol. The molecule has 0 saturated heterocycles. The van der Waals surface area contributed by atoms with E-state index in [0.717, 1.165) is 31.4 Å². The van der Waals surface area contributed by atoms with Crippen molar-refractivity contribution in [3.05, 3.63) is 63.5 Å². The Balaban J connectivity index is 1.79. The maximum atomic E-state index is 10.6. The zero-order valence-electron chi connectivity index (χ0n) is 11.2. The van der Waals surface area contributed by atoms with Crippen LogP contribution < -0.4 is 5.73 Å². The first-order valence-electron chi connectivity index (χ1n) is 6.81. The highest BCUT2D eigenvalue weighted by atomic mass is 16.6. The van der Waals surface area contributed by atoms with Crippen LogP contribution in [0.2, 0.25) is 0 Å². The van der Waals surface area contributed by atoms with Crippen LogP contribution in [0.5, 0.6) is 0 Å². The fraction of sp³-hybridized carbons (Fsp3) is 0.333. The first-order chi connectivity index (χ1) is 9.63.